The summed E-state index contributed by atoms with van der Waals surface area (Å²) in [6.07, 6.45) is 0.729. The van der Waals surface area contributed by atoms with Crippen LogP contribution in [0.4, 0.5) is 4.39 Å². The van der Waals surface area contributed by atoms with E-state index in [4.69, 9.17) is 4.74 Å². The zero-order valence-corrected chi connectivity index (χ0v) is 14.2. The van der Waals surface area contributed by atoms with Crippen molar-refractivity contribution in [1.29, 1.82) is 0 Å². The van der Waals surface area contributed by atoms with E-state index in [1.165, 1.54) is 35.6 Å². The van der Waals surface area contributed by atoms with Crippen molar-refractivity contribution >= 4 is 23.2 Å². The summed E-state index contributed by atoms with van der Waals surface area (Å²) in [5, 5.41) is 3.57. The summed E-state index contributed by atoms with van der Waals surface area (Å²) in [6.45, 7) is 3.52. The fraction of sp³-hybridized carbons (Fsp3) is 0.353. The lowest BCUT2D eigenvalue weighted by Gasteiger charge is -2.17. The first-order chi connectivity index (χ1) is 11.4. The summed E-state index contributed by atoms with van der Waals surface area (Å²) in [5.41, 5.74) is 1.00. The van der Waals surface area contributed by atoms with Crippen LogP contribution in [0.2, 0.25) is 0 Å². The van der Waals surface area contributed by atoms with Gasteiger partial charge in [0.1, 0.15) is 10.7 Å². The molecule has 1 saturated carbocycles. The number of hydrogen-bond donors (Lipinski definition) is 1. The molecule has 1 aliphatic carbocycles. The van der Waals surface area contributed by atoms with Crippen molar-refractivity contribution in [3.8, 4) is 0 Å². The minimum atomic E-state index is -1.11. The molecule has 0 radical (unpaired) electrons. The molecular formula is C17H17FN2O3S. The predicted octanol–water partition coefficient (Wildman–Crippen LogP) is 3.08. The fourth-order valence-corrected chi connectivity index (χ4v) is 3.10. The van der Waals surface area contributed by atoms with E-state index in [1.807, 2.05) is 0 Å². The van der Waals surface area contributed by atoms with Crippen molar-refractivity contribution in [2.75, 3.05) is 0 Å². The molecule has 1 aromatic carbocycles. The summed E-state index contributed by atoms with van der Waals surface area (Å²) in [4.78, 5) is 29.4. The van der Waals surface area contributed by atoms with E-state index >= 15 is 0 Å². The van der Waals surface area contributed by atoms with Gasteiger partial charge in [0.2, 0.25) is 6.10 Å². The Hall–Kier alpha value is -2.28. The molecule has 1 aliphatic rings. The second kappa shape index (κ2) is 6.68. The first-order valence-electron chi connectivity index (χ1n) is 7.65. The summed E-state index contributed by atoms with van der Waals surface area (Å²) in [7, 11) is 0. The minimum Gasteiger partial charge on any atom is -0.443 e. The van der Waals surface area contributed by atoms with E-state index in [9.17, 15) is 14.0 Å². The van der Waals surface area contributed by atoms with E-state index in [1.54, 1.807) is 13.8 Å². The van der Waals surface area contributed by atoms with Crippen LogP contribution in [0.15, 0.2) is 24.3 Å². The van der Waals surface area contributed by atoms with Crippen LogP contribution in [0.25, 0.3) is 0 Å². The third-order valence-corrected chi connectivity index (χ3v) is 4.70. The van der Waals surface area contributed by atoms with E-state index in [0.717, 1.165) is 17.8 Å². The number of ether oxygens (including phenoxy) is 1. The molecule has 5 nitrogen and oxygen atoms in total. The maximum atomic E-state index is 13.1. The average Bonchev–Trinajstić information content (AvgIpc) is 3.28. The number of halogens is 1. The number of benzene rings is 1. The molecule has 1 N–H and O–H groups in total. The average molecular weight is 348 g/mol. The molecular weight excluding hydrogens is 331 g/mol. The number of carbonyl (C=O) groups is 2. The standard InChI is InChI=1S/C17H17FN2O3S/c1-9-15(24-10(2)19-9)17(22)23-14(16(21)20-13-7-8-13)11-3-5-12(18)6-4-11/h3-6,13-14H,7-8H2,1-2H3,(H,20,21). The van der Waals surface area contributed by atoms with E-state index in [0.29, 0.717) is 16.1 Å². The van der Waals surface area contributed by atoms with Gasteiger partial charge in [-0.15, -0.1) is 11.3 Å². The van der Waals surface area contributed by atoms with Crippen LogP contribution in [0.3, 0.4) is 0 Å². The highest BCUT2D eigenvalue weighted by Gasteiger charge is 2.32. The van der Waals surface area contributed by atoms with Gasteiger partial charge >= 0.3 is 5.97 Å². The van der Waals surface area contributed by atoms with Gasteiger partial charge in [0.25, 0.3) is 5.91 Å². The molecule has 2 aromatic rings. The molecule has 1 atom stereocenters. The van der Waals surface area contributed by atoms with E-state index in [-0.39, 0.29) is 6.04 Å². The first-order valence-corrected chi connectivity index (χ1v) is 8.46. The smallest absolute Gasteiger partial charge is 0.351 e. The van der Waals surface area contributed by atoms with Crippen LogP contribution in [0.1, 0.15) is 44.9 Å². The van der Waals surface area contributed by atoms with Crippen LogP contribution in [-0.4, -0.2) is 22.9 Å². The van der Waals surface area contributed by atoms with Gasteiger partial charge in [-0.2, -0.15) is 0 Å². The number of thiazole rings is 1. The Bertz CT molecular complexity index is 769. The maximum Gasteiger partial charge on any atom is 0.351 e. The molecule has 0 spiro atoms. The van der Waals surface area contributed by atoms with Crippen molar-refractivity contribution in [2.24, 2.45) is 0 Å². The number of rotatable bonds is 5. The zero-order valence-electron chi connectivity index (χ0n) is 13.3. The molecule has 7 heteroatoms. The molecule has 1 aromatic heterocycles. The third-order valence-electron chi connectivity index (χ3n) is 3.65. The largest absolute Gasteiger partial charge is 0.443 e. The van der Waals surface area contributed by atoms with Crippen LogP contribution in [0.5, 0.6) is 0 Å². The van der Waals surface area contributed by atoms with Crippen LogP contribution in [0, 0.1) is 19.7 Å². The van der Waals surface area contributed by atoms with Crippen molar-refractivity contribution in [3.63, 3.8) is 0 Å². The highest BCUT2D eigenvalue weighted by atomic mass is 32.1. The normalized spacial score (nSPS) is 15.0. The van der Waals surface area contributed by atoms with Gasteiger partial charge in [0, 0.05) is 11.6 Å². The topological polar surface area (TPSA) is 68.3 Å². The van der Waals surface area contributed by atoms with Crippen LogP contribution >= 0.6 is 11.3 Å². The van der Waals surface area contributed by atoms with Gasteiger partial charge in [0.05, 0.1) is 10.7 Å². The number of amides is 1. The Morgan fingerprint density at radius 2 is 1.96 bits per heavy atom. The quantitative estimate of drug-likeness (QED) is 0.843. The van der Waals surface area contributed by atoms with Crippen LogP contribution in [-0.2, 0) is 9.53 Å². The maximum absolute atomic E-state index is 13.1. The van der Waals surface area contributed by atoms with Crippen molar-refractivity contribution in [3.05, 3.63) is 51.2 Å². The molecule has 3 rings (SSSR count). The first kappa shape index (κ1) is 16.6. The number of esters is 1. The molecule has 1 unspecified atom stereocenters. The van der Waals surface area contributed by atoms with Crippen LogP contribution < -0.4 is 5.32 Å². The highest BCUT2D eigenvalue weighted by Crippen LogP contribution is 2.26. The Balaban J connectivity index is 1.83. The van der Waals surface area contributed by atoms with Crippen molar-refractivity contribution in [2.45, 2.75) is 38.8 Å². The Morgan fingerprint density at radius 1 is 1.29 bits per heavy atom. The number of aryl methyl sites for hydroxylation is 2. The fourth-order valence-electron chi connectivity index (χ4n) is 2.30. The van der Waals surface area contributed by atoms with Gasteiger partial charge in [-0.25, -0.2) is 14.2 Å². The lowest BCUT2D eigenvalue weighted by atomic mass is 10.1. The van der Waals surface area contributed by atoms with Gasteiger partial charge in [-0.3, -0.25) is 4.79 Å². The second-order valence-corrected chi connectivity index (χ2v) is 6.97. The second-order valence-electron chi connectivity index (χ2n) is 5.77. The molecule has 0 saturated heterocycles. The van der Waals surface area contributed by atoms with Crippen molar-refractivity contribution in [1.82, 2.24) is 10.3 Å². The van der Waals surface area contributed by atoms with Gasteiger partial charge in [-0.05, 0) is 38.8 Å². The number of carbonyl (C=O) groups excluding carboxylic acids is 2. The molecule has 1 fully saturated rings. The third kappa shape index (κ3) is 3.79. The van der Waals surface area contributed by atoms with E-state index in [2.05, 4.69) is 10.3 Å². The molecule has 1 heterocycles. The Kier molecular flexibility index (Phi) is 4.62. The SMILES string of the molecule is Cc1nc(C)c(C(=O)OC(C(=O)NC2CC2)c2ccc(F)cc2)s1. The van der Waals surface area contributed by atoms with Gasteiger partial charge in [0.15, 0.2) is 0 Å². The summed E-state index contributed by atoms with van der Waals surface area (Å²) >= 11 is 1.22. The number of nitrogens with zero attached hydrogens (tertiary/aromatic N) is 1. The summed E-state index contributed by atoms with van der Waals surface area (Å²) in [6, 6.07) is 5.51. The zero-order chi connectivity index (χ0) is 17.3. The summed E-state index contributed by atoms with van der Waals surface area (Å²) < 4.78 is 18.6. The Morgan fingerprint density at radius 3 is 2.50 bits per heavy atom. The predicted molar refractivity (Wildman–Crippen MR) is 87.3 cm³/mol. The summed E-state index contributed by atoms with van der Waals surface area (Å²) in [5.74, 6) is -1.41. The monoisotopic (exact) mass is 348 g/mol. The van der Waals surface area contributed by atoms with Gasteiger partial charge in [-0.1, -0.05) is 12.1 Å². The lowest BCUT2D eigenvalue weighted by molar-refractivity contribution is -0.130. The highest BCUT2D eigenvalue weighted by molar-refractivity contribution is 7.13. The Labute approximate surface area is 142 Å². The molecule has 0 bridgehead atoms. The van der Waals surface area contributed by atoms with E-state index < -0.39 is 23.8 Å². The number of aromatic nitrogens is 1. The van der Waals surface area contributed by atoms with Crippen molar-refractivity contribution < 1.29 is 18.7 Å². The number of hydrogen-bond acceptors (Lipinski definition) is 5. The molecule has 24 heavy (non-hydrogen) atoms. The molecule has 1 amide bonds. The van der Waals surface area contributed by atoms with Gasteiger partial charge < -0.3 is 10.1 Å². The molecule has 126 valence electrons. The minimum absolute atomic E-state index is 0.131. The lowest BCUT2D eigenvalue weighted by Crippen LogP contribution is -2.33. The molecule has 0 aliphatic heterocycles. The number of nitrogens with one attached hydrogen (secondary N) is 1.